The monoisotopic (exact) mass is 444 g/mol. The molecule has 29 heavy (non-hydrogen) atoms. The lowest BCUT2D eigenvalue weighted by atomic mass is 10.4. The maximum atomic E-state index is 10.1. The Kier molecular flexibility index (Phi) is 8.53. The lowest BCUT2D eigenvalue weighted by Crippen LogP contribution is -2.57. The Bertz CT molecular complexity index is 756. The summed E-state index contributed by atoms with van der Waals surface area (Å²) >= 11 is 0. The summed E-state index contributed by atoms with van der Waals surface area (Å²) in [5.74, 6) is 0. The Morgan fingerprint density at radius 2 is 1.10 bits per heavy atom. The first-order valence-corrected chi connectivity index (χ1v) is 17.0. The van der Waals surface area contributed by atoms with Crippen molar-refractivity contribution in [2.75, 3.05) is 13.2 Å². The Balaban J connectivity index is 2.71. The van der Waals surface area contributed by atoms with Crippen molar-refractivity contribution >= 4 is 35.6 Å². The standard InChI is InChI=1S/C22H32O4Si3/c1-5-25-28(4,26-6-2)18-20-29(19-17-27(3,23)24,21-13-9-7-10-14-21)22-15-11-8-12-16-22/h7-20,23-24H,5-6H2,1-4H3. The molecule has 0 unspecified atom stereocenters. The van der Waals surface area contributed by atoms with Gasteiger partial charge in [-0.15, -0.1) is 0 Å². The normalized spacial score (nSPS) is 13.4. The summed E-state index contributed by atoms with van der Waals surface area (Å²) in [7, 11) is -8.46. The summed E-state index contributed by atoms with van der Waals surface area (Å²) in [6.45, 7) is 8.68. The SMILES string of the molecule is CCO[Si](C)(C=C[Si](C=C[Si](C)(O)O)(c1ccccc1)c1ccccc1)OCC. The summed E-state index contributed by atoms with van der Waals surface area (Å²) in [6, 6.07) is 20.5. The van der Waals surface area contributed by atoms with Gasteiger partial charge in [0.1, 0.15) is 0 Å². The van der Waals surface area contributed by atoms with Crippen LogP contribution in [-0.2, 0) is 8.85 Å². The van der Waals surface area contributed by atoms with Gasteiger partial charge in [-0.05, 0) is 48.7 Å². The highest BCUT2D eigenvalue weighted by Gasteiger charge is 2.36. The van der Waals surface area contributed by atoms with E-state index in [9.17, 15) is 9.59 Å². The molecule has 0 aromatic heterocycles. The number of rotatable bonds is 10. The molecule has 2 rings (SSSR count). The van der Waals surface area contributed by atoms with Gasteiger partial charge in [0.15, 0.2) is 8.07 Å². The maximum Gasteiger partial charge on any atom is 0.361 e. The van der Waals surface area contributed by atoms with Crippen molar-refractivity contribution < 1.29 is 18.4 Å². The van der Waals surface area contributed by atoms with E-state index >= 15 is 0 Å². The lowest BCUT2D eigenvalue weighted by Gasteiger charge is -2.29. The van der Waals surface area contributed by atoms with Crippen molar-refractivity contribution in [2.24, 2.45) is 0 Å². The highest BCUT2D eigenvalue weighted by molar-refractivity contribution is 7.10. The highest BCUT2D eigenvalue weighted by Crippen LogP contribution is 2.16. The van der Waals surface area contributed by atoms with Crippen LogP contribution >= 0.6 is 0 Å². The van der Waals surface area contributed by atoms with E-state index in [1.807, 2.05) is 62.5 Å². The Labute approximate surface area is 177 Å². The third-order valence-corrected chi connectivity index (χ3v) is 12.6. The van der Waals surface area contributed by atoms with Crippen molar-refractivity contribution in [3.05, 3.63) is 83.5 Å². The van der Waals surface area contributed by atoms with Gasteiger partial charge < -0.3 is 18.4 Å². The van der Waals surface area contributed by atoms with Crippen LogP contribution < -0.4 is 10.4 Å². The van der Waals surface area contributed by atoms with E-state index in [0.29, 0.717) is 13.2 Å². The number of hydrogen-bond donors (Lipinski definition) is 2. The molecule has 0 aliphatic carbocycles. The van der Waals surface area contributed by atoms with Gasteiger partial charge >= 0.3 is 17.1 Å². The minimum absolute atomic E-state index is 0.590. The summed E-state index contributed by atoms with van der Waals surface area (Å²) in [5.41, 5.74) is 7.99. The molecule has 0 atom stereocenters. The molecule has 4 nitrogen and oxygen atoms in total. The van der Waals surface area contributed by atoms with Crippen LogP contribution in [-0.4, -0.2) is 48.0 Å². The molecule has 0 saturated heterocycles. The second kappa shape index (κ2) is 10.4. The third kappa shape index (κ3) is 6.72. The first-order chi connectivity index (χ1) is 13.7. The first kappa shape index (κ1) is 23.7. The molecule has 2 aromatic rings. The summed E-state index contributed by atoms with van der Waals surface area (Å²) in [5, 5.41) is 2.34. The van der Waals surface area contributed by atoms with Crippen molar-refractivity contribution in [1.29, 1.82) is 0 Å². The number of benzene rings is 2. The predicted molar refractivity (Wildman–Crippen MR) is 127 cm³/mol. The smallest absolute Gasteiger partial charge is 0.361 e. The average molecular weight is 445 g/mol. The zero-order chi connectivity index (χ0) is 21.4. The zero-order valence-electron chi connectivity index (χ0n) is 17.7. The van der Waals surface area contributed by atoms with Crippen LogP contribution in [0.15, 0.2) is 83.5 Å². The summed E-state index contributed by atoms with van der Waals surface area (Å²) in [6.07, 6.45) is 0. The fraction of sp³-hybridized carbons (Fsp3) is 0.273. The molecular weight excluding hydrogens is 412 g/mol. The second-order valence-corrected chi connectivity index (χ2v) is 16.3. The van der Waals surface area contributed by atoms with Gasteiger partial charge in [0.25, 0.3) is 0 Å². The number of hydrogen-bond acceptors (Lipinski definition) is 4. The van der Waals surface area contributed by atoms with Gasteiger partial charge in [-0.2, -0.15) is 0 Å². The summed E-state index contributed by atoms with van der Waals surface area (Å²) < 4.78 is 12.0. The van der Waals surface area contributed by atoms with E-state index in [1.54, 1.807) is 5.70 Å². The van der Waals surface area contributed by atoms with Gasteiger partial charge in [0, 0.05) is 13.2 Å². The van der Waals surface area contributed by atoms with Crippen molar-refractivity contribution in [1.82, 2.24) is 0 Å². The molecule has 7 heteroatoms. The van der Waals surface area contributed by atoms with E-state index in [0.717, 1.165) is 0 Å². The Morgan fingerprint density at radius 3 is 1.48 bits per heavy atom. The Hall–Kier alpha value is -1.59. The molecule has 0 fully saturated rings. The van der Waals surface area contributed by atoms with Crippen molar-refractivity contribution in [3.63, 3.8) is 0 Å². The molecule has 0 heterocycles. The second-order valence-electron chi connectivity index (χ2n) is 7.24. The molecular formula is C22H32O4Si3. The molecule has 2 aromatic carbocycles. The molecule has 0 radical (unpaired) electrons. The molecule has 2 N–H and O–H groups in total. The molecule has 0 saturated carbocycles. The molecule has 0 aliphatic rings. The van der Waals surface area contributed by atoms with Crippen molar-refractivity contribution in [2.45, 2.75) is 26.9 Å². The maximum absolute atomic E-state index is 10.1. The van der Waals surface area contributed by atoms with Crippen molar-refractivity contribution in [3.8, 4) is 0 Å². The van der Waals surface area contributed by atoms with E-state index in [1.165, 1.54) is 16.9 Å². The fourth-order valence-electron chi connectivity index (χ4n) is 3.32. The van der Waals surface area contributed by atoms with Crippen LogP contribution in [0, 0.1) is 0 Å². The molecule has 0 amide bonds. The molecule has 0 aliphatic heterocycles. The topological polar surface area (TPSA) is 58.9 Å². The van der Waals surface area contributed by atoms with Crippen LogP contribution in [0.3, 0.4) is 0 Å². The first-order valence-electron chi connectivity index (χ1n) is 9.99. The van der Waals surface area contributed by atoms with E-state index in [2.05, 4.69) is 35.7 Å². The average Bonchev–Trinajstić information content (AvgIpc) is 2.69. The predicted octanol–water partition coefficient (Wildman–Crippen LogP) is 2.72. The minimum atomic E-state index is -3.37. The lowest BCUT2D eigenvalue weighted by molar-refractivity contribution is 0.201. The van der Waals surface area contributed by atoms with Crippen LogP contribution in [0.4, 0.5) is 0 Å². The van der Waals surface area contributed by atoms with Gasteiger partial charge in [0.2, 0.25) is 0 Å². The van der Waals surface area contributed by atoms with E-state index in [-0.39, 0.29) is 0 Å². The van der Waals surface area contributed by atoms with Gasteiger partial charge in [-0.3, -0.25) is 0 Å². The van der Waals surface area contributed by atoms with Gasteiger partial charge in [0.05, 0.1) is 0 Å². The zero-order valence-corrected chi connectivity index (χ0v) is 20.7. The largest absolute Gasteiger partial charge is 0.408 e. The van der Waals surface area contributed by atoms with Crippen LogP contribution in [0.5, 0.6) is 0 Å². The molecule has 156 valence electrons. The quantitative estimate of drug-likeness (QED) is 0.553. The van der Waals surface area contributed by atoms with Crippen LogP contribution in [0.1, 0.15) is 13.8 Å². The fourth-order valence-corrected chi connectivity index (χ4v) is 12.0. The van der Waals surface area contributed by atoms with E-state index in [4.69, 9.17) is 8.85 Å². The van der Waals surface area contributed by atoms with Crippen LogP contribution in [0.25, 0.3) is 0 Å². The van der Waals surface area contributed by atoms with Crippen LogP contribution in [0.2, 0.25) is 13.1 Å². The van der Waals surface area contributed by atoms with Gasteiger partial charge in [-0.25, -0.2) is 0 Å². The molecule has 0 bridgehead atoms. The third-order valence-electron chi connectivity index (χ3n) is 4.68. The summed E-state index contributed by atoms with van der Waals surface area (Å²) in [4.78, 5) is 20.3. The van der Waals surface area contributed by atoms with E-state index < -0.39 is 25.2 Å². The molecule has 0 spiro atoms. The highest BCUT2D eigenvalue weighted by atomic mass is 28.4. The minimum Gasteiger partial charge on any atom is -0.408 e. The van der Waals surface area contributed by atoms with Gasteiger partial charge in [-0.1, -0.05) is 72.1 Å². The Morgan fingerprint density at radius 1 is 0.690 bits per heavy atom.